The van der Waals surface area contributed by atoms with Crippen LogP contribution in [0.15, 0.2) is 53.3 Å². The number of fused-ring (bicyclic) bond motifs is 1. The summed E-state index contributed by atoms with van der Waals surface area (Å²) in [5.74, 6) is 0.830. The van der Waals surface area contributed by atoms with Crippen LogP contribution in [0.2, 0.25) is 0 Å². The Morgan fingerprint density at radius 1 is 1.26 bits per heavy atom. The van der Waals surface area contributed by atoms with Crippen LogP contribution < -0.4 is 10.3 Å². The highest BCUT2D eigenvalue weighted by atomic mass is 16.5. The van der Waals surface area contributed by atoms with Crippen LogP contribution in [0.5, 0.6) is 5.75 Å². The van der Waals surface area contributed by atoms with Crippen LogP contribution in [-0.4, -0.2) is 17.1 Å². The molecule has 5 heteroatoms. The van der Waals surface area contributed by atoms with Gasteiger partial charge in [0.25, 0.3) is 5.56 Å². The number of benzene rings is 2. The summed E-state index contributed by atoms with van der Waals surface area (Å²) >= 11 is 0. The van der Waals surface area contributed by atoms with Gasteiger partial charge >= 0.3 is 0 Å². The van der Waals surface area contributed by atoms with Crippen molar-refractivity contribution < 1.29 is 4.74 Å². The quantitative estimate of drug-likeness (QED) is 0.754. The molecule has 0 spiro atoms. The minimum absolute atomic E-state index is 0.249. The zero-order valence-corrected chi connectivity index (χ0v) is 12.4. The van der Waals surface area contributed by atoms with Gasteiger partial charge in [0.2, 0.25) is 0 Å². The van der Waals surface area contributed by atoms with Crippen molar-refractivity contribution in [2.45, 2.75) is 0 Å². The zero-order valence-electron chi connectivity index (χ0n) is 12.4. The van der Waals surface area contributed by atoms with Crippen molar-refractivity contribution in [3.05, 3.63) is 70.3 Å². The third-order valence-corrected chi connectivity index (χ3v) is 3.40. The molecule has 1 heterocycles. The van der Waals surface area contributed by atoms with Gasteiger partial charge in [-0.15, -0.1) is 0 Å². The summed E-state index contributed by atoms with van der Waals surface area (Å²) in [7, 11) is 1.54. The van der Waals surface area contributed by atoms with Gasteiger partial charge in [0.1, 0.15) is 11.8 Å². The summed E-state index contributed by atoms with van der Waals surface area (Å²) in [6.45, 7) is 0. The van der Waals surface area contributed by atoms with Gasteiger partial charge in [-0.25, -0.2) is 4.98 Å². The van der Waals surface area contributed by atoms with Crippen LogP contribution in [0.25, 0.3) is 22.6 Å². The summed E-state index contributed by atoms with van der Waals surface area (Å²) in [6.07, 6.45) is 1.69. The molecular weight excluding hydrogens is 290 g/mol. The smallest absolute Gasteiger partial charge is 0.259 e. The highest BCUT2D eigenvalue weighted by Gasteiger charge is 2.09. The first-order chi connectivity index (χ1) is 11.2. The van der Waals surface area contributed by atoms with Crippen LogP contribution in [0.4, 0.5) is 0 Å². The molecule has 23 heavy (non-hydrogen) atoms. The standard InChI is InChI=1S/C18H13N3O2/c1-23-14-7-8-16-15(10-14)18(22)21-17(20-16)13(11-19)9-12-5-3-2-4-6-12/h2-10H,1H3,(H,20,21,22). The van der Waals surface area contributed by atoms with E-state index in [0.29, 0.717) is 22.2 Å². The molecule has 3 aromatic rings. The largest absolute Gasteiger partial charge is 0.497 e. The van der Waals surface area contributed by atoms with E-state index in [1.807, 2.05) is 30.3 Å². The van der Waals surface area contributed by atoms with Crippen LogP contribution >= 0.6 is 0 Å². The molecule has 0 radical (unpaired) electrons. The molecule has 112 valence electrons. The number of methoxy groups -OCH3 is 1. The first-order valence-corrected chi connectivity index (χ1v) is 6.96. The second-order valence-corrected chi connectivity index (χ2v) is 4.88. The Morgan fingerprint density at radius 3 is 2.74 bits per heavy atom. The average molecular weight is 303 g/mol. The molecule has 0 amide bonds. The number of ether oxygens (including phenoxy) is 1. The fourth-order valence-corrected chi connectivity index (χ4v) is 2.24. The maximum atomic E-state index is 12.3. The fourth-order valence-electron chi connectivity index (χ4n) is 2.24. The van der Waals surface area contributed by atoms with Crippen molar-refractivity contribution in [3.63, 3.8) is 0 Å². The van der Waals surface area contributed by atoms with E-state index in [1.54, 1.807) is 24.3 Å². The number of aromatic amines is 1. The topological polar surface area (TPSA) is 78.8 Å². The van der Waals surface area contributed by atoms with Crippen molar-refractivity contribution in [2.24, 2.45) is 0 Å². The maximum absolute atomic E-state index is 12.3. The predicted molar refractivity (Wildman–Crippen MR) is 88.8 cm³/mol. The van der Waals surface area contributed by atoms with E-state index in [0.717, 1.165) is 5.56 Å². The molecule has 0 saturated carbocycles. The Labute approximate surface area is 132 Å². The molecule has 0 saturated heterocycles. The minimum atomic E-state index is -0.307. The molecule has 0 aliphatic rings. The number of nitrogens with zero attached hydrogens (tertiary/aromatic N) is 2. The Morgan fingerprint density at radius 2 is 2.04 bits per heavy atom. The Balaban J connectivity index is 2.14. The fraction of sp³-hybridized carbons (Fsp3) is 0.0556. The number of rotatable bonds is 3. The number of nitrogens with one attached hydrogen (secondary N) is 1. The third-order valence-electron chi connectivity index (χ3n) is 3.40. The van der Waals surface area contributed by atoms with E-state index < -0.39 is 0 Å². The van der Waals surface area contributed by atoms with Crippen LogP contribution in [-0.2, 0) is 0 Å². The number of H-pyrrole nitrogens is 1. The molecular formula is C18H13N3O2. The third kappa shape index (κ3) is 2.97. The van der Waals surface area contributed by atoms with Crippen molar-refractivity contribution in [3.8, 4) is 11.8 Å². The van der Waals surface area contributed by atoms with Gasteiger partial charge in [0, 0.05) is 0 Å². The van der Waals surface area contributed by atoms with Crippen molar-refractivity contribution in [1.29, 1.82) is 5.26 Å². The van der Waals surface area contributed by atoms with E-state index in [9.17, 15) is 10.1 Å². The molecule has 0 aliphatic heterocycles. The summed E-state index contributed by atoms with van der Waals surface area (Å²) in [5, 5.41) is 9.81. The van der Waals surface area contributed by atoms with Gasteiger partial charge in [-0.05, 0) is 29.8 Å². The minimum Gasteiger partial charge on any atom is -0.497 e. The number of nitriles is 1. The number of hydrogen-bond donors (Lipinski definition) is 1. The lowest BCUT2D eigenvalue weighted by atomic mass is 10.1. The molecule has 0 atom stereocenters. The van der Waals surface area contributed by atoms with Gasteiger partial charge < -0.3 is 9.72 Å². The number of allylic oxidation sites excluding steroid dienone is 1. The first-order valence-electron chi connectivity index (χ1n) is 6.96. The normalized spacial score (nSPS) is 11.2. The van der Waals surface area contributed by atoms with Gasteiger partial charge in [0.15, 0.2) is 5.82 Å². The lowest BCUT2D eigenvalue weighted by Gasteiger charge is -2.04. The van der Waals surface area contributed by atoms with Crippen LogP contribution in [0.3, 0.4) is 0 Å². The molecule has 1 N–H and O–H groups in total. The van der Waals surface area contributed by atoms with E-state index in [-0.39, 0.29) is 11.4 Å². The Bertz CT molecular complexity index is 983. The van der Waals surface area contributed by atoms with E-state index in [2.05, 4.69) is 16.0 Å². The molecule has 0 unspecified atom stereocenters. The van der Waals surface area contributed by atoms with Crippen molar-refractivity contribution >= 4 is 22.6 Å². The summed E-state index contributed by atoms with van der Waals surface area (Å²) in [5.41, 5.74) is 1.37. The highest BCUT2D eigenvalue weighted by molar-refractivity contribution is 5.89. The predicted octanol–water partition coefficient (Wildman–Crippen LogP) is 3.00. The second-order valence-electron chi connectivity index (χ2n) is 4.88. The van der Waals surface area contributed by atoms with Crippen molar-refractivity contribution in [2.75, 3.05) is 7.11 Å². The van der Waals surface area contributed by atoms with E-state index in [1.165, 1.54) is 7.11 Å². The average Bonchev–Trinajstić information content (AvgIpc) is 2.60. The molecule has 3 rings (SSSR count). The van der Waals surface area contributed by atoms with E-state index in [4.69, 9.17) is 4.74 Å². The molecule has 5 nitrogen and oxygen atoms in total. The summed E-state index contributed by atoms with van der Waals surface area (Å²) in [6, 6.07) is 16.5. The monoisotopic (exact) mass is 303 g/mol. The van der Waals surface area contributed by atoms with Crippen molar-refractivity contribution in [1.82, 2.24) is 9.97 Å². The van der Waals surface area contributed by atoms with Gasteiger partial charge in [0.05, 0.1) is 23.6 Å². The zero-order chi connectivity index (χ0) is 16.2. The van der Waals surface area contributed by atoms with Gasteiger partial charge in [-0.3, -0.25) is 4.79 Å². The summed E-state index contributed by atoms with van der Waals surface area (Å²) in [4.78, 5) is 19.3. The Kier molecular flexibility index (Phi) is 3.89. The molecule has 0 fully saturated rings. The molecule has 1 aromatic heterocycles. The highest BCUT2D eigenvalue weighted by Crippen LogP contribution is 2.19. The first kappa shape index (κ1) is 14.5. The summed E-state index contributed by atoms with van der Waals surface area (Å²) < 4.78 is 5.11. The van der Waals surface area contributed by atoms with Gasteiger partial charge in [-0.1, -0.05) is 30.3 Å². The lowest BCUT2D eigenvalue weighted by molar-refractivity contribution is 0.415. The number of hydrogen-bond acceptors (Lipinski definition) is 4. The van der Waals surface area contributed by atoms with E-state index >= 15 is 0 Å². The molecule has 0 bridgehead atoms. The SMILES string of the molecule is COc1ccc2nc(C(C#N)=Cc3ccccc3)[nH]c(=O)c2c1. The van der Waals surface area contributed by atoms with Gasteiger partial charge in [-0.2, -0.15) is 5.26 Å². The maximum Gasteiger partial charge on any atom is 0.259 e. The second kappa shape index (κ2) is 6.16. The molecule has 2 aromatic carbocycles. The molecule has 0 aliphatic carbocycles. The lowest BCUT2D eigenvalue weighted by Crippen LogP contribution is -2.11. The number of aromatic nitrogens is 2. The van der Waals surface area contributed by atoms with Crippen LogP contribution in [0.1, 0.15) is 11.4 Å². The van der Waals surface area contributed by atoms with Crippen LogP contribution in [0, 0.1) is 11.3 Å². The Hall–Kier alpha value is -3.39.